The minimum absolute atomic E-state index is 0.103. The Morgan fingerprint density at radius 3 is 2.38 bits per heavy atom. The number of carbonyl (C=O) groups excluding carboxylic acids is 2. The van der Waals surface area contributed by atoms with E-state index in [1.807, 2.05) is 19.1 Å². The molecular formula is C15H15N3O3. The van der Waals surface area contributed by atoms with Crippen LogP contribution in [0.2, 0.25) is 0 Å². The Bertz CT molecular complexity index is 733. The first kappa shape index (κ1) is 14.5. The van der Waals surface area contributed by atoms with Gasteiger partial charge in [-0.1, -0.05) is 17.7 Å². The minimum atomic E-state index is -0.746. The van der Waals surface area contributed by atoms with Gasteiger partial charge in [0.15, 0.2) is 0 Å². The molecule has 6 heteroatoms. The summed E-state index contributed by atoms with van der Waals surface area (Å²) in [6.45, 7) is 3.66. The molecule has 0 aliphatic rings. The number of H-pyrrole nitrogens is 1. The summed E-state index contributed by atoms with van der Waals surface area (Å²) in [6, 6.07) is 7.85. The molecule has 0 aliphatic carbocycles. The third-order valence-electron chi connectivity index (χ3n) is 2.83. The Kier molecular flexibility index (Phi) is 4.18. The van der Waals surface area contributed by atoms with Crippen LogP contribution in [0.1, 0.15) is 21.5 Å². The van der Waals surface area contributed by atoms with Crippen molar-refractivity contribution in [1.82, 2.24) is 10.3 Å². The smallest absolute Gasteiger partial charge is 0.326 e. The van der Waals surface area contributed by atoms with Crippen LogP contribution in [0.3, 0.4) is 0 Å². The summed E-state index contributed by atoms with van der Waals surface area (Å²) < 4.78 is 0. The van der Waals surface area contributed by atoms with Crippen molar-refractivity contribution in [2.75, 3.05) is 5.32 Å². The molecule has 0 bridgehead atoms. The fraction of sp³-hybridized carbons (Fsp3) is 0.133. The number of benzene rings is 1. The molecule has 0 aliphatic heterocycles. The van der Waals surface area contributed by atoms with E-state index in [1.165, 1.54) is 12.3 Å². The fourth-order valence-electron chi connectivity index (χ4n) is 1.73. The fourth-order valence-corrected chi connectivity index (χ4v) is 1.73. The Balaban J connectivity index is 2.05. The van der Waals surface area contributed by atoms with Crippen LogP contribution >= 0.6 is 0 Å². The Morgan fingerprint density at radius 1 is 1.05 bits per heavy atom. The molecule has 0 saturated heterocycles. The van der Waals surface area contributed by atoms with Crippen molar-refractivity contribution >= 4 is 17.6 Å². The van der Waals surface area contributed by atoms with Gasteiger partial charge in [0.1, 0.15) is 5.56 Å². The molecule has 6 nitrogen and oxygen atoms in total. The Labute approximate surface area is 121 Å². The summed E-state index contributed by atoms with van der Waals surface area (Å²) in [4.78, 5) is 37.6. The number of aromatic amines is 1. The third-order valence-corrected chi connectivity index (χ3v) is 2.83. The second-order valence-electron chi connectivity index (χ2n) is 4.69. The number of hydrogen-bond acceptors (Lipinski definition) is 3. The molecule has 0 saturated carbocycles. The highest BCUT2D eigenvalue weighted by molar-refractivity contribution is 6.07. The van der Waals surface area contributed by atoms with Gasteiger partial charge in [-0.15, -0.1) is 0 Å². The van der Waals surface area contributed by atoms with Gasteiger partial charge >= 0.3 is 6.03 Å². The number of urea groups is 1. The van der Waals surface area contributed by atoms with Crippen molar-refractivity contribution in [3.63, 3.8) is 0 Å². The molecule has 3 amide bonds. The van der Waals surface area contributed by atoms with Crippen LogP contribution in [-0.2, 0) is 0 Å². The van der Waals surface area contributed by atoms with Crippen molar-refractivity contribution in [2.45, 2.75) is 13.8 Å². The molecule has 21 heavy (non-hydrogen) atoms. The molecule has 2 rings (SSSR count). The first-order valence-electron chi connectivity index (χ1n) is 6.34. The first-order chi connectivity index (χ1) is 9.95. The molecule has 1 aromatic carbocycles. The van der Waals surface area contributed by atoms with Crippen LogP contribution in [-0.4, -0.2) is 16.9 Å². The lowest BCUT2D eigenvalue weighted by atomic mass is 10.2. The number of nitrogens with one attached hydrogen (secondary N) is 3. The number of rotatable bonds is 2. The number of aromatic nitrogens is 1. The van der Waals surface area contributed by atoms with E-state index in [0.717, 1.165) is 11.1 Å². The van der Waals surface area contributed by atoms with Gasteiger partial charge in [-0.3, -0.25) is 14.9 Å². The predicted octanol–water partition coefficient (Wildman–Crippen LogP) is 1.95. The molecule has 1 aromatic heterocycles. The van der Waals surface area contributed by atoms with E-state index >= 15 is 0 Å². The van der Waals surface area contributed by atoms with E-state index in [9.17, 15) is 14.4 Å². The molecule has 0 atom stereocenters. The molecule has 3 N–H and O–H groups in total. The second kappa shape index (κ2) is 6.04. The van der Waals surface area contributed by atoms with Crippen LogP contribution in [0.25, 0.3) is 0 Å². The van der Waals surface area contributed by atoms with Crippen LogP contribution in [0.15, 0.2) is 41.3 Å². The highest BCUT2D eigenvalue weighted by Crippen LogP contribution is 2.08. The van der Waals surface area contributed by atoms with Crippen molar-refractivity contribution in [3.8, 4) is 0 Å². The maximum Gasteiger partial charge on any atom is 0.326 e. The summed E-state index contributed by atoms with van der Waals surface area (Å²) in [5.41, 5.74) is 1.70. The summed E-state index contributed by atoms with van der Waals surface area (Å²) in [6.07, 6.45) is 1.49. The Hall–Kier alpha value is -2.89. The number of amides is 3. The van der Waals surface area contributed by atoms with Gasteiger partial charge in [-0.05, 0) is 37.6 Å². The number of aryl methyl sites for hydroxylation is 2. The van der Waals surface area contributed by atoms with Gasteiger partial charge in [0, 0.05) is 11.9 Å². The number of imide groups is 1. The molecular weight excluding hydrogens is 270 g/mol. The molecule has 0 spiro atoms. The number of hydrogen-bond donors (Lipinski definition) is 3. The average molecular weight is 285 g/mol. The van der Waals surface area contributed by atoms with Crippen LogP contribution in [0.5, 0.6) is 0 Å². The zero-order valence-corrected chi connectivity index (χ0v) is 11.7. The van der Waals surface area contributed by atoms with Crippen LogP contribution in [0.4, 0.5) is 10.5 Å². The quantitative estimate of drug-likeness (QED) is 0.787. The summed E-state index contributed by atoms with van der Waals surface area (Å²) in [5, 5.41) is 4.64. The first-order valence-corrected chi connectivity index (χ1v) is 6.34. The van der Waals surface area contributed by atoms with Gasteiger partial charge in [0.2, 0.25) is 0 Å². The lowest BCUT2D eigenvalue weighted by Gasteiger charge is -2.07. The van der Waals surface area contributed by atoms with Crippen LogP contribution in [0, 0.1) is 13.8 Å². The largest absolute Gasteiger partial charge is 0.328 e. The maximum absolute atomic E-state index is 11.9. The SMILES string of the molecule is Cc1ccc(NC(=O)NC(=O)c2cc(C)c[nH]c2=O)cc1. The number of anilines is 1. The molecule has 1 heterocycles. The van der Waals surface area contributed by atoms with Gasteiger partial charge < -0.3 is 10.3 Å². The Morgan fingerprint density at radius 2 is 1.71 bits per heavy atom. The third kappa shape index (κ3) is 3.79. The van der Waals surface area contributed by atoms with E-state index in [-0.39, 0.29) is 5.56 Å². The highest BCUT2D eigenvalue weighted by atomic mass is 16.2. The van der Waals surface area contributed by atoms with E-state index in [0.29, 0.717) is 5.69 Å². The van der Waals surface area contributed by atoms with Gasteiger partial charge in [-0.2, -0.15) is 0 Å². The number of pyridine rings is 1. The van der Waals surface area contributed by atoms with E-state index < -0.39 is 17.5 Å². The number of carbonyl (C=O) groups is 2. The minimum Gasteiger partial charge on any atom is -0.328 e. The normalized spacial score (nSPS) is 10.0. The summed E-state index contributed by atoms with van der Waals surface area (Å²) in [5.74, 6) is -0.746. The van der Waals surface area contributed by atoms with Gasteiger partial charge in [0.05, 0.1) is 0 Å². The van der Waals surface area contributed by atoms with Crippen molar-refractivity contribution in [2.24, 2.45) is 0 Å². The molecule has 0 fully saturated rings. The van der Waals surface area contributed by atoms with Gasteiger partial charge in [0.25, 0.3) is 11.5 Å². The molecule has 0 radical (unpaired) electrons. The molecule has 108 valence electrons. The van der Waals surface area contributed by atoms with Crippen molar-refractivity contribution < 1.29 is 9.59 Å². The monoisotopic (exact) mass is 285 g/mol. The van der Waals surface area contributed by atoms with Crippen LogP contribution < -0.4 is 16.2 Å². The average Bonchev–Trinajstić information content (AvgIpc) is 2.44. The molecule has 2 aromatic rings. The standard InChI is InChI=1S/C15H15N3O3/c1-9-3-5-11(6-4-9)17-15(21)18-14(20)12-7-10(2)8-16-13(12)19/h3-8H,1-2H3,(H,16,19)(H2,17,18,20,21). The lowest BCUT2D eigenvalue weighted by molar-refractivity contribution is 0.0965. The zero-order chi connectivity index (χ0) is 15.4. The van der Waals surface area contributed by atoms with Gasteiger partial charge in [-0.25, -0.2) is 4.79 Å². The maximum atomic E-state index is 11.9. The zero-order valence-electron chi connectivity index (χ0n) is 11.7. The van der Waals surface area contributed by atoms with Crippen molar-refractivity contribution in [3.05, 3.63) is 63.6 Å². The van der Waals surface area contributed by atoms with Crippen molar-refractivity contribution in [1.29, 1.82) is 0 Å². The second-order valence-corrected chi connectivity index (χ2v) is 4.69. The van der Waals surface area contributed by atoms with E-state index in [1.54, 1.807) is 19.1 Å². The highest BCUT2D eigenvalue weighted by Gasteiger charge is 2.14. The lowest BCUT2D eigenvalue weighted by Crippen LogP contribution is -2.37. The van der Waals surface area contributed by atoms with E-state index in [2.05, 4.69) is 15.6 Å². The topological polar surface area (TPSA) is 91.1 Å². The summed E-state index contributed by atoms with van der Waals surface area (Å²) in [7, 11) is 0. The summed E-state index contributed by atoms with van der Waals surface area (Å²) >= 11 is 0. The van der Waals surface area contributed by atoms with E-state index in [4.69, 9.17) is 0 Å². The predicted molar refractivity (Wildman–Crippen MR) is 79.5 cm³/mol. The molecule has 0 unspecified atom stereocenters.